The highest BCUT2D eigenvalue weighted by Gasteiger charge is 2.27. The number of hydrogen-bond acceptors (Lipinski definition) is 5. The van der Waals surface area contributed by atoms with Gasteiger partial charge < -0.3 is 25.4 Å². The second kappa shape index (κ2) is 12.8. The Morgan fingerprint density at radius 2 is 1.81 bits per heavy atom. The van der Waals surface area contributed by atoms with Gasteiger partial charge >= 0.3 is 0 Å². The van der Waals surface area contributed by atoms with Gasteiger partial charge in [0.05, 0.1) is 12.7 Å². The first-order chi connectivity index (χ1) is 15.2. The van der Waals surface area contributed by atoms with Crippen LogP contribution in [0.15, 0.2) is 48.5 Å². The van der Waals surface area contributed by atoms with E-state index in [1.165, 1.54) is 5.56 Å². The van der Waals surface area contributed by atoms with E-state index in [0.29, 0.717) is 11.6 Å². The lowest BCUT2D eigenvalue weighted by Gasteiger charge is -2.34. The van der Waals surface area contributed by atoms with Crippen molar-refractivity contribution in [2.45, 2.75) is 76.2 Å². The summed E-state index contributed by atoms with van der Waals surface area (Å²) in [6.07, 6.45) is 7.92. The third-order valence-corrected chi connectivity index (χ3v) is 6.20. The molecule has 2 aromatic carbocycles. The van der Waals surface area contributed by atoms with Gasteiger partial charge in [0.15, 0.2) is 0 Å². The topological polar surface area (TPSA) is 82.0 Å². The minimum atomic E-state index is -0.637. The molecule has 5 heteroatoms. The molecule has 1 fully saturated rings. The monoisotopic (exact) mass is 427 g/mol. The number of aliphatic hydroxyl groups excluding tert-OH is 2. The highest BCUT2D eigenvalue weighted by atomic mass is 16.5. The predicted octanol–water partition coefficient (Wildman–Crippen LogP) is 4.25. The summed E-state index contributed by atoms with van der Waals surface area (Å²) in [6, 6.07) is 15.9. The molecule has 31 heavy (non-hydrogen) atoms. The average molecular weight is 428 g/mol. The van der Waals surface area contributed by atoms with Gasteiger partial charge in [0.1, 0.15) is 5.75 Å². The van der Waals surface area contributed by atoms with E-state index in [2.05, 4.69) is 29.6 Å². The lowest BCUT2D eigenvalue weighted by molar-refractivity contribution is 0.0973. The number of aliphatic hydroxyl groups is 2. The summed E-state index contributed by atoms with van der Waals surface area (Å²) >= 11 is 0. The van der Waals surface area contributed by atoms with E-state index in [0.717, 1.165) is 70.1 Å². The number of aromatic hydroxyl groups is 1. The van der Waals surface area contributed by atoms with Crippen molar-refractivity contribution >= 4 is 0 Å². The van der Waals surface area contributed by atoms with Crippen LogP contribution in [0, 0.1) is 0 Å². The van der Waals surface area contributed by atoms with Crippen LogP contribution in [-0.2, 0) is 17.8 Å². The molecule has 2 aromatic rings. The van der Waals surface area contributed by atoms with E-state index in [1.807, 2.05) is 6.07 Å². The Labute approximate surface area is 186 Å². The van der Waals surface area contributed by atoms with Gasteiger partial charge in [-0.2, -0.15) is 0 Å². The lowest BCUT2D eigenvalue weighted by atomic mass is 9.89. The molecule has 0 aliphatic carbocycles. The summed E-state index contributed by atoms with van der Waals surface area (Å²) in [5, 5.41) is 33.5. The molecule has 1 saturated heterocycles. The molecule has 1 aliphatic heterocycles. The number of benzene rings is 2. The molecule has 3 rings (SSSR count). The SMILES string of the molecule is OCc1cc(C(O)C2CCCC(CCCCOCCCc3ccccc3)N2)ccc1O. The third kappa shape index (κ3) is 7.62. The number of ether oxygens (including phenoxy) is 1. The maximum Gasteiger partial charge on any atom is 0.121 e. The van der Waals surface area contributed by atoms with Gasteiger partial charge in [-0.25, -0.2) is 0 Å². The normalized spacial score (nSPS) is 19.9. The van der Waals surface area contributed by atoms with Crippen LogP contribution in [-0.4, -0.2) is 40.6 Å². The van der Waals surface area contributed by atoms with Crippen LogP contribution >= 0.6 is 0 Å². The highest BCUT2D eigenvalue weighted by molar-refractivity contribution is 5.37. The van der Waals surface area contributed by atoms with Crippen LogP contribution in [0.5, 0.6) is 5.75 Å². The zero-order chi connectivity index (χ0) is 21.9. The molecule has 3 atom stereocenters. The molecule has 0 radical (unpaired) electrons. The van der Waals surface area contributed by atoms with Crippen molar-refractivity contribution in [1.29, 1.82) is 0 Å². The molecule has 4 N–H and O–H groups in total. The first kappa shape index (κ1) is 23.7. The fourth-order valence-corrected chi connectivity index (χ4v) is 4.40. The quantitative estimate of drug-likeness (QED) is 0.381. The largest absolute Gasteiger partial charge is 0.508 e. The molecular weight excluding hydrogens is 390 g/mol. The Hall–Kier alpha value is -1.92. The van der Waals surface area contributed by atoms with Crippen LogP contribution in [0.25, 0.3) is 0 Å². The van der Waals surface area contributed by atoms with E-state index in [1.54, 1.807) is 18.2 Å². The molecule has 1 heterocycles. The van der Waals surface area contributed by atoms with Crippen molar-refractivity contribution in [2.75, 3.05) is 13.2 Å². The number of hydrogen-bond donors (Lipinski definition) is 4. The maximum absolute atomic E-state index is 10.8. The van der Waals surface area contributed by atoms with Crippen molar-refractivity contribution in [3.63, 3.8) is 0 Å². The van der Waals surface area contributed by atoms with Crippen molar-refractivity contribution in [1.82, 2.24) is 5.32 Å². The van der Waals surface area contributed by atoms with Gasteiger partial charge in [0.2, 0.25) is 0 Å². The minimum absolute atomic E-state index is 0.00377. The van der Waals surface area contributed by atoms with Gasteiger partial charge in [-0.15, -0.1) is 0 Å². The third-order valence-electron chi connectivity index (χ3n) is 6.20. The minimum Gasteiger partial charge on any atom is -0.508 e. The Morgan fingerprint density at radius 1 is 1.00 bits per heavy atom. The molecule has 0 amide bonds. The van der Waals surface area contributed by atoms with Gasteiger partial charge in [-0.05, 0) is 68.2 Å². The van der Waals surface area contributed by atoms with Crippen LogP contribution in [0.1, 0.15) is 67.7 Å². The predicted molar refractivity (Wildman–Crippen MR) is 123 cm³/mol. The van der Waals surface area contributed by atoms with E-state index < -0.39 is 6.10 Å². The van der Waals surface area contributed by atoms with Crippen LogP contribution in [0.3, 0.4) is 0 Å². The van der Waals surface area contributed by atoms with Gasteiger partial charge in [-0.3, -0.25) is 0 Å². The number of phenols is 1. The van der Waals surface area contributed by atoms with Crippen molar-refractivity contribution in [2.24, 2.45) is 0 Å². The standard InChI is InChI=1S/C26H37NO4/c28-19-22-18-21(14-15-25(22)29)26(30)24-13-6-12-23(27-24)11-4-5-16-31-17-7-10-20-8-2-1-3-9-20/h1-3,8-9,14-15,18,23-24,26-30H,4-7,10-13,16-17,19H2. The first-order valence-electron chi connectivity index (χ1n) is 11.7. The lowest BCUT2D eigenvalue weighted by Crippen LogP contribution is -2.45. The first-order valence-corrected chi connectivity index (χ1v) is 11.7. The molecule has 0 aromatic heterocycles. The van der Waals surface area contributed by atoms with Crippen LogP contribution < -0.4 is 5.32 Å². The molecule has 170 valence electrons. The Bertz CT molecular complexity index is 767. The van der Waals surface area contributed by atoms with Crippen LogP contribution in [0.4, 0.5) is 0 Å². The van der Waals surface area contributed by atoms with Crippen LogP contribution in [0.2, 0.25) is 0 Å². The summed E-state index contributed by atoms with van der Waals surface area (Å²) in [5.41, 5.74) is 2.56. The zero-order valence-electron chi connectivity index (χ0n) is 18.4. The van der Waals surface area contributed by atoms with Gasteiger partial charge in [0.25, 0.3) is 0 Å². The molecule has 0 saturated carbocycles. The second-order valence-corrected chi connectivity index (χ2v) is 8.59. The average Bonchev–Trinajstić information content (AvgIpc) is 2.81. The van der Waals surface area contributed by atoms with E-state index in [4.69, 9.17) is 4.74 Å². The fraction of sp³-hybridized carbons (Fsp3) is 0.538. The number of piperidine rings is 1. The maximum atomic E-state index is 10.8. The van der Waals surface area contributed by atoms with Crippen molar-refractivity contribution in [3.05, 3.63) is 65.2 Å². The fourth-order valence-electron chi connectivity index (χ4n) is 4.40. The number of nitrogens with one attached hydrogen (secondary N) is 1. The van der Waals surface area contributed by atoms with Gasteiger partial charge in [-0.1, -0.05) is 42.8 Å². The Morgan fingerprint density at radius 3 is 2.61 bits per heavy atom. The summed E-state index contributed by atoms with van der Waals surface area (Å²) in [6.45, 7) is 1.39. The molecule has 0 spiro atoms. The van der Waals surface area contributed by atoms with E-state index in [-0.39, 0.29) is 18.4 Å². The summed E-state index contributed by atoms with van der Waals surface area (Å²) in [4.78, 5) is 0. The highest BCUT2D eigenvalue weighted by Crippen LogP contribution is 2.29. The smallest absolute Gasteiger partial charge is 0.121 e. The van der Waals surface area contributed by atoms with Crippen molar-refractivity contribution < 1.29 is 20.1 Å². The molecule has 0 bridgehead atoms. The Balaban J connectivity index is 1.31. The van der Waals surface area contributed by atoms with Gasteiger partial charge in [0, 0.05) is 30.9 Å². The second-order valence-electron chi connectivity index (χ2n) is 8.59. The number of aryl methyl sites for hydroxylation is 1. The number of rotatable bonds is 12. The zero-order valence-corrected chi connectivity index (χ0v) is 18.4. The van der Waals surface area contributed by atoms with E-state index >= 15 is 0 Å². The Kier molecular flexibility index (Phi) is 9.82. The summed E-state index contributed by atoms with van der Waals surface area (Å²) in [7, 11) is 0. The van der Waals surface area contributed by atoms with Crippen molar-refractivity contribution in [3.8, 4) is 5.75 Å². The molecule has 5 nitrogen and oxygen atoms in total. The number of unbranched alkanes of at least 4 members (excludes halogenated alkanes) is 1. The summed E-state index contributed by atoms with van der Waals surface area (Å²) < 4.78 is 5.79. The molecule has 3 unspecified atom stereocenters. The van der Waals surface area contributed by atoms with E-state index in [9.17, 15) is 15.3 Å². The molecular formula is C26H37NO4. The summed E-state index contributed by atoms with van der Waals surface area (Å²) in [5.74, 6) is 0.0650. The molecule has 1 aliphatic rings.